The van der Waals surface area contributed by atoms with Crippen molar-refractivity contribution in [3.8, 4) is 11.3 Å². The van der Waals surface area contributed by atoms with Crippen LogP contribution in [0, 0.1) is 24.0 Å². The summed E-state index contributed by atoms with van der Waals surface area (Å²) in [5.41, 5.74) is 1.58. The molecule has 0 atom stereocenters. The minimum atomic E-state index is -0.631. The van der Waals surface area contributed by atoms with Gasteiger partial charge in [-0.15, -0.1) is 0 Å². The van der Waals surface area contributed by atoms with Crippen molar-refractivity contribution < 1.29 is 13.5 Å². The number of imidazole rings is 1. The molecular weight excluding hydrogens is 484 g/mol. The first-order chi connectivity index (χ1) is 17.3. The van der Waals surface area contributed by atoms with Gasteiger partial charge >= 0.3 is 0 Å². The number of hydrogen-bond acceptors (Lipinski definition) is 8. The number of aromatic nitrogens is 5. The lowest BCUT2D eigenvalue weighted by Gasteiger charge is -2.47. The molecule has 6 rings (SSSR count). The molecule has 1 spiro atoms. The zero-order valence-electron chi connectivity index (χ0n) is 20.4. The normalized spacial score (nSPS) is 17.2. The van der Waals surface area contributed by atoms with E-state index in [2.05, 4.69) is 30.2 Å². The summed E-state index contributed by atoms with van der Waals surface area (Å²) in [6.07, 6.45) is 5.17. The van der Waals surface area contributed by atoms with Crippen molar-refractivity contribution in [2.45, 2.75) is 39.7 Å². The first kappa shape index (κ1) is 23.2. The van der Waals surface area contributed by atoms with Crippen molar-refractivity contribution in [2.24, 2.45) is 5.41 Å². The lowest BCUT2D eigenvalue weighted by Crippen LogP contribution is -2.50. The highest BCUT2D eigenvalue weighted by molar-refractivity contribution is 7.19. The summed E-state index contributed by atoms with van der Waals surface area (Å²) in [7, 11) is 0. The first-order valence-corrected chi connectivity index (χ1v) is 12.9. The third kappa shape index (κ3) is 4.00. The van der Waals surface area contributed by atoms with E-state index in [0.717, 1.165) is 50.3 Å². The van der Waals surface area contributed by atoms with Gasteiger partial charge in [-0.1, -0.05) is 11.3 Å². The number of fused-ring (bicyclic) bond motifs is 1. The zero-order chi connectivity index (χ0) is 25.0. The van der Waals surface area contributed by atoms with Crippen molar-refractivity contribution in [2.75, 3.05) is 36.5 Å². The minimum absolute atomic E-state index is 0.0169. The van der Waals surface area contributed by atoms with Crippen molar-refractivity contribution >= 4 is 38.5 Å². The Morgan fingerprint density at radius 1 is 1.06 bits per heavy atom. The first-order valence-electron chi connectivity index (χ1n) is 12.1. The molecule has 0 saturated carbocycles. The third-order valence-corrected chi connectivity index (χ3v) is 8.10. The predicted octanol–water partition coefficient (Wildman–Crippen LogP) is 5.48. The molecule has 36 heavy (non-hydrogen) atoms. The monoisotopic (exact) mass is 511 g/mol. The number of nitrogens with zero attached hydrogens (tertiary/aromatic N) is 6. The molecule has 2 fully saturated rings. The van der Waals surface area contributed by atoms with Gasteiger partial charge < -0.3 is 14.2 Å². The summed E-state index contributed by atoms with van der Waals surface area (Å²) in [6, 6.07) is 3.07. The molecular formula is C25H27F2N7OS. The van der Waals surface area contributed by atoms with Gasteiger partial charge in [-0.05, 0) is 45.7 Å². The molecule has 0 aliphatic carbocycles. The number of hydrogen-bond donors (Lipinski definition) is 1. The molecule has 0 unspecified atom stereocenters. The van der Waals surface area contributed by atoms with Gasteiger partial charge in [0.15, 0.2) is 16.8 Å². The molecule has 5 heterocycles. The SMILES string of the molecule is Cc1nc2c(F)cc(-c3nc(Nc4ncc(N5CCC6(CC5)COC6)s4)ncc3F)cc2n1C(C)C. The Morgan fingerprint density at radius 3 is 2.53 bits per heavy atom. The highest BCUT2D eigenvalue weighted by Gasteiger charge is 2.41. The molecule has 3 aromatic heterocycles. The standard InChI is InChI=1S/C25H27F2N7OS/c1-14(2)34-15(3)30-22-17(26)8-16(9-19(22)34)21-18(27)10-28-23(31-21)32-24-29-11-20(36-24)33-6-4-25(5-7-33)12-35-13-25/h8-11,14H,4-7,12-13H2,1-3H3,(H,28,29,31,32). The van der Waals surface area contributed by atoms with E-state index in [9.17, 15) is 8.78 Å². The van der Waals surface area contributed by atoms with E-state index < -0.39 is 11.6 Å². The fraction of sp³-hybridized carbons (Fsp3) is 0.440. The molecule has 0 amide bonds. The van der Waals surface area contributed by atoms with E-state index in [1.54, 1.807) is 6.07 Å². The van der Waals surface area contributed by atoms with E-state index >= 15 is 0 Å². The molecule has 2 saturated heterocycles. The van der Waals surface area contributed by atoms with Gasteiger partial charge in [0.05, 0.1) is 31.1 Å². The minimum Gasteiger partial charge on any atom is -0.380 e. The van der Waals surface area contributed by atoms with Crippen LogP contribution in [-0.4, -0.2) is 50.8 Å². The maximum absolute atomic E-state index is 14.9. The van der Waals surface area contributed by atoms with Crippen LogP contribution in [0.1, 0.15) is 38.6 Å². The number of nitrogens with one attached hydrogen (secondary N) is 1. The van der Waals surface area contributed by atoms with Crippen LogP contribution < -0.4 is 10.2 Å². The molecule has 8 nitrogen and oxygen atoms in total. The average molecular weight is 512 g/mol. The van der Waals surface area contributed by atoms with Crippen LogP contribution in [-0.2, 0) is 4.74 Å². The van der Waals surface area contributed by atoms with Crippen molar-refractivity contribution in [1.82, 2.24) is 24.5 Å². The van der Waals surface area contributed by atoms with Crippen molar-refractivity contribution in [3.63, 3.8) is 0 Å². The number of thiazole rings is 1. The number of piperidine rings is 1. The average Bonchev–Trinajstić information content (AvgIpc) is 3.43. The Morgan fingerprint density at radius 2 is 1.83 bits per heavy atom. The molecule has 2 aliphatic heterocycles. The van der Waals surface area contributed by atoms with Crippen LogP contribution in [0.25, 0.3) is 22.3 Å². The molecule has 0 radical (unpaired) electrons. The van der Waals surface area contributed by atoms with Gasteiger partial charge in [0.1, 0.15) is 22.0 Å². The van der Waals surface area contributed by atoms with E-state index in [1.165, 1.54) is 17.4 Å². The van der Waals surface area contributed by atoms with Crippen LogP contribution in [0.3, 0.4) is 0 Å². The summed E-state index contributed by atoms with van der Waals surface area (Å²) >= 11 is 1.51. The molecule has 0 bridgehead atoms. The maximum Gasteiger partial charge on any atom is 0.229 e. The molecule has 2 aliphatic rings. The number of anilines is 3. The van der Waals surface area contributed by atoms with Crippen molar-refractivity contribution in [1.29, 1.82) is 0 Å². The van der Waals surface area contributed by atoms with Crippen LogP contribution in [0.5, 0.6) is 0 Å². The molecule has 1 aromatic carbocycles. The Hall–Kier alpha value is -3.18. The van der Waals surface area contributed by atoms with E-state index in [-0.39, 0.29) is 23.2 Å². The van der Waals surface area contributed by atoms with Gasteiger partial charge in [-0.25, -0.2) is 28.7 Å². The summed E-state index contributed by atoms with van der Waals surface area (Å²) in [5.74, 6) is -0.246. The smallest absolute Gasteiger partial charge is 0.229 e. The number of halogens is 2. The molecule has 188 valence electrons. The molecule has 1 N–H and O–H groups in total. The van der Waals surface area contributed by atoms with Gasteiger partial charge in [0.2, 0.25) is 5.95 Å². The van der Waals surface area contributed by atoms with Gasteiger partial charge in [0, 0.05) is 30.1 Å². The topological polar surface area (TPSA) is 81.0 Å². The van der Waals surface area contributed by atoms with Gasteiger partial charge in [0.25, 0.3) is 0 Å². The predicted molar refractivity (Wildman–Crippen MR) is 136 cm³/mol. The number of ether oxygens (including phenoxy) is 1. The van der Waals surface area contributed by atoms with Gasteiger partial charge in [-0.2, -0.15) is 0 Å². The number of benzene rings is 1. The largest absolute Gasteiger partial charge is 0.380 e. The second kappa shape index (κ2) is 8.74. The summed E-state index contributed by atoms with van der Waals surface area (Å²) in [6.45, 7) is 9.52. The quantitative estimate of drug-likeness (QED) is 0.380. The highest BCUT2D eigenvalue weighted by atomic mass is 32.1. The van der Waals surface area contributed by atoms with E-state index in [1.807, 2.05) is 31.5 Å². The zero-order valence-corrected chi connectivity index (χ0v) is 21.2. The van der Waals surface area contributed by atoms with Crippen molar-refractivity contribution in [3.05, 3.63) is 42.0 Å². The van der Waals surface area contributed by atoms with Crippen LogP contribution in [0.4, 0.5) is 24.9 Å². The Balaban J connectivity index is 1.25. The van der Waals surface area contributed by atoms with Crippen LogP contribution in [0.2, 0.25) is 0 Å². The summed E-state index contributed by atoms with van der Waals surface area (Å²) < 4.78 is 37.1. The Labute approximate surface area is 211 Å². The molecule has 4 aromatic rings. The Bertz CT molecular complexity index is 1440. The second-order valence-corrected chi connectivity index (χ2v) is 11.0. The number of rotatable bonds is 5. The fourth-order valence-corrected chi connectivity index (χ4v) is 6.00. The second-order valence-electron chi connectivity index (χ2n) is 9.95. The Kier molecular flexibility index (Phi) is 5.64. The van der Waals surface area contributed by atoms with Crippen LogP contribution >= 0.6 is 11.3 Å². The molecule has 11 heteroatoms. The van der Waals surface area contributed by atoms with Gasteiger partial charge in [-0.3, -0.25) is 5.32 Å². The fourth-order valence-electron chi connectivity index (χ4n) is 5.13. The third-order valence-electron chi connectivity index (χ3n) is 7.12. The van der Waals surface area contributed by atoms with E-state index in [0.29, 0.717) is 27.5 Å². The maximum atomic E-state index is 14.9. The van der Waals surface area contributed by atoms with E-state index in [4.69, 9.17) is 4.74 Å². The highest BCUT2D eigenvalue weighted by Crippen LogP contribution is 2.41. The van der Waals surface area contributed by atoms with Crippen LogP contribution in [0.15, 0.2) is 24.5 Å². The lowest BCUT2D eigenvalue weighted by molar-refractivity contribution is -0.124. The summed E-state index contributed by atoms with van der Waals surface area (Å²) in [4.78, 5) is 19.6. The lowest BCUT2D eigenvalue weighted by atomic mass is 9.77. The number of aryl methyl sites for hydroxylation is 1. The summed E-state index contributed by atoms with van der Waals surface area (Å²) in [5, 5.41) is 4.77.